The van der Waals surface area contributed by atoms with Crippen LogP contribution in [0, 0.1) is 12.3 Å². The third-order valence-corrected chi connectivity index (χ3v) is 2.17. The lowest BCUT2D eigenvalue weighted by Gasteiger charge is -1.92. The smallest absolute Gasteiger partial charge is 0.395 e. The molecular formula is C10H5Cl2NO2. The summed E-state index contributed by atoms with van der Waals surface area (Å²) in [4.78, 5) is 4.02. The van der Waals surface area contributed by atoms with Crippen LogP contribution in [0.1, 0.15) is 0 Å². The zero-order valence-electron chi connectivity index (χ0n) is 7.46. The molecule has 2 rings (SSSR count). The predicted molar refractivity (Wildman–Crippen MR) is 58.4 cm³/mol. The van der Waals surface area contributed by atoms with Crippen molar-refractivity contribution in [3.05, 3.63) is 22.2 Å². The van der Waals surface area contributed by atoms with Gasteiger partial charge in [0.15, 0.2) is 12.2 Å². The van der Waals surface area contributed by atoms with Gasteiger partial charge in [0.25, 0.3) is 0 Å². The van der Waals surface area contributed by atoms with Crippen LogP contribution >= 0.6 is 23.2 Å². The molecule has 3 nitrogen and oxygen atoms in total. The molecule has 1 heterocycles. The van der Waals surface area contributed by atoms with Gasteiger partial charge in [-0.05, 0) is 12.1 Å². The number of fused-ring (bicyclic) bond motifs is 1. The standard InChI is InChI=1S/C10H5Cl2NO2/c1-2-3-14-10-13-8-5-6(11)4-7(12)9(8)15-10/h1,4-5H,3H2. The molecule has 0 fully saturated rings. The topological polar surface area (TPSA) is 35.3 Å². The van der Waals surface area contributed by atoms with E-state index in [1.54, 1.807) is 12.1 Å². The highest BCUT2D eigenvalue weighted by atomic mass is 35.5. The Bertz CT molecular complexity index is 542. The zero-order valence-corrected chi connectivity index (χ0v) is 8.97. The molecule has 0 aliphatic heterocycles. The van der Waals surface area contributed by atoms with E-state index >= 15 is 0 Å². The van der Waals surface area contributed by atoms with Crippen molar-refractivity contribution in [3.8, 4) is 18.4 Å². The minimum Gasteiger partial charge on any atom is -0.437 e. The minimum absolute atomic E-state index is 0.0899. The van der Waals surface area contributed by atoms with E-state index in [-0.39, 0.29) is 12.7 Å². The normalized spacial score (nSPS) is 10.2. The van der Waals surface area contributed by atoms with Gasteiger partial charge in [-0.1, -0.05) is 29.1 Å². The summed E-state index contributed by atoms with van der Waals surface area (Å²) in [5.41, 5.74) is 0.979. The maximum Gasteiger partial charge on any atom is 0.395 e. The maximum atomic E-state index is 5.90. The average Bonchev–Trinajstić information content (AvgIpc) is 2.57. The lowest BCUT2D eigenvalue weighted by Crippen LogP contribution is -1.92. The SMILES string of the molecule is C#CCOc1nc2cc(Cl)cc(Cl)c2o1. The van der Waals surface area contributed by atoms with Gasteiger partial charge >= 0.3 is 6.08 Å². The van der Waals surface area contributed by atoms with Gasteiger partial charge in [-0.3, -0.25) is 0 Å². The molecule has 0 spiro atoms. The van der Waals surface area contributed by atoms with Crippen molar-refractivity contribution < 1.29 is 9.15 Å². The Morgan fingerprint density at radius 1 is 1.47 bits per heavy atom. The van der Waals surface area contributed by atoms with Gasteiger partial charge in [0.05, 0.1) is 5.02 Å². The Morgan fingerprint density at radius 3 is 3.00 bits per heavy atom. The highest BCUT2D eigenvalue weighted by molar-refractivity contribution is 6.37. The van der Waals surface area contributed by atoms with Crippen molar-refractivity contribution in [1.82, 2.24) is 4.98 Å². The Hall–Kier alpha value is -1.37. The monoisotopic (exact) mass is 241 g/mol. The summed E-state index contributed by atoms with van der Waals surface area (Å²) in [5, 5.41) is 0.879. The lowest BCUT2D eigenvalue weighted by molar-refractivity contribution is 0.271. The quantitative estimate of drug-likeness (QED) is 0.758. The van der Waals surface area contributed by atoms with Gasteiger partial charge in [-0.15, -0.1) is 6.42 Å². The lowest BCUT2D eigenvalue weighted by atomic mass is 10.3. The van der Waals surface area contributed by atoms with E-state index in [9.17, 15) is 0 Å². The van der Waals surface area contributed by atoms with Crippen LogP contribution in [0.5, 0.6) is 6.08 Å². The molecule has 0 N–H and O–H groups in total. The molecule has 0 radical (unpaired) electrons. The number of hydrogen-bond donors (Lipinski definition) is 0. The molecule has 15 heavy (non-hydrogen) atoms. The van der Waals surface area contributed by atoms with Crippen LogP contribution in [0.3, 0.4) is 0 Å². The van der Waals surface area contributed by atoms with E-state index < -0.39 is 0 Å². The van der Waals surface area contributed by atoms with Crippen molar-refractivity contribution in [2.75, 3.05) is 6.61 Å². The molecule has 0 bridgehead atoms. The van der Waals surface area contributed by atoms with Crippen LogP contribution in [0.15, 0.2) is 16.5 Å². The van der Waals surface area contributed by atoms with Crippen molar-refractivity contribution in [2.24, 2.45) is 0 Å². The van der Waals surface area contributed by atoms with Crippen LogP contribution in [0.4, 0.5) is 0 Å². The van der Waals surface area contributed by atoms with Gasteiger partial charge in [0, 0.05) is 5.02 Å². The maximum absolute atomic E-state index is 5.90. The number of oxazole rings is 1. The van der Waals surface area contributed by atoms with Crippen LogP contribution in [-0.2, 0) is 0 Å². The predicted octanol–water partition coefficient (Wildman–Crippen LogP) is 3.15. The first-order chi connectivity index (χ1) is 7.20. The Morgan fingerprint density at radius 2 is 2.27 bits per heavy atom. The van der Waals surface area contributed by atoms with E-state index in [1.165, 1.54) is 0 Å². The largest absolute Gasteiger partial charge is 0.437 e. The molecule has 0 amide bonds. The molecule has 0 saturated heterocycles. The number of halogens is 2. The molecule has 2 aromatic rings. The highest BCUT2D eigenvalue weighted by Crippen LogP contribution is 2.30. The summed E-state index contributed by atoms with van der Waals surface area (Å²) < 4.78 is 10.3. The molecule has 1 aromatic heterocycles. The molecule has 76 valence electrons. The number of aromatic nitrogens is 1. The van der Waals surface area contributed by atoms with E-state index in [0.29, 0.717) is 21.1 Å². The molecule has 0 unspecified atom stereocenters. The third-order valence-electron chi connectivity index (χ3n) is 1.67. The van der Waals surface area contributed by atoms with E-state index in [2.05, 4.69) is 10.9 Å². The van der Waals surface area contributed by atoms with Crippen LogP contribution in [0.25, 0.3) is 11.1 Å². The number of rotatable bonds is 2. The van der Waals surface area contributed by atoms with Crippen LogP contribution in [-0.4, -0.2) is 11.6 Å². The second-order valence-electron chi connectivity index (χ2n) is 2.71. The number of nitrogens with zero attached hydrogens (tertiary/aromatic N) is 1. The number of terminal acetylenes is 1. The van der Waals surface area contributed by atoms with Crippen molar-refractivity contribution in [3.63, 3.8) is 0 Å². The van der Waals surface area contributed by atoms with E-state index in [0.717, 1.165) is 0 Å². The Kier molecular flexibility index (Phi) is 2.72. The third kappa shape index (κ3) is 2.01. The minimum atomic E-state index is 0.0899. The van der Waals surface area contributed by atoms with Crippen molar-refractivity contribution >= 4 is 34.3 Å². The fraction of sp³-hybridized carbons (Fsp3) is 0.100. The van der Waals surface area contributed by atoms with Gasteiger partial charge in [-0.25, -0.2) is 0 Å². The summed E-state index contributed by atoms with van der Waals surface area (Å²) in [5.74, 6) is 2.31. The zero-order chi connectivity index (χ0) is 10.8. The van der Waals surface area contributed by atoms with Gasteiger partial charge in [0.1, 0.15) is 5.52 Å². The second-order valence-corrected chi connectivity index (χ2v) is 3.55. The molecular weight excluding hydrogens is 237 g/mol. The molecule has 0 aliphatic carbocycles. The number of hydrogen-bond acceptors (Lipinski definition) is 3. The molecule has 0 aliphatic rings. The highest BCUT2D eigenvalue weighted by Gasteiger charge is 2.10. The fourth-order valence-electron chi connectivity index (χ4n) is 1.10. The summed E-state index contributed by atoms with van der Waals surface area (Å²) >= 11 is 11.7. The van der Waals surface area contributed by atoms with E-state index in [1.807, 2.05) is 0 Å². The van der Waals surface area contributed by atoms with Gasteiger partial charge < -0.3 is 9.15 Å². The average molecular weight is 242 g/mol. The second kappa shape index (κ2) is 4.01. The summed E-state index contributed by atoms with van der Waals surface area (Å²) in [6.45, 7) is 0.0954. The molecule has 0 atom stereocenters. The van der Waals surface area contributed by atoms with E-state index in [4.69, 9.17) is 38.8 Å². The van der Waals surface area contributed by atoms with Gasteiger partial charge in [-0.2, -0.15) is 4.98 Å². The Labute approximate surface area is 95.9 Å². The fourth-order valence-corrected chi connectivity index (χ4v) is 1.63. The first-order valence-corrected chi connectivity index (χ1v) is 4.78. The van der Waals surface area contributed by atoms with Crippen molar-refractivity contribution in [2.45, 2.75) is 0 Å². The summed E-state index contributed by atoms with van der Waals surface area (Å²) in [6, 6.07) is 3.20. The Balaban J connectivity index is 2.47. The summed E-state index contributed by atoms with van der Waals surface area (Å²) in [6.07, 6.45) is 5.12. The first-order valence-electron chi connectivity index (χ1n) is 4.02. The first kappa shape index (κ1) is 10.2. The molecule has 0 saturated carbocycles. The van der Waals surface area contributed by atoms with Crippen LogP contribution < -0.4 is 4.74 Å². The number of ether oxygens (including phenoxy) is 1. The van der Waals surface area contributed by atoms with Crippen molar-refractivity contribution in [1.29, 1.82) is 0 Å². The van der Waals surface area contributed by atoms with Gasteiger partial charge in [0.2, 0.25) is 0 Å². The van der Waals surface area contributed by atoms with Crippen LogP contribution in [0.2, 0.25) is 10.0 Å². The molecule has 1 aromatic carbocycles. The molecule has 5 heteroatoms. The summed E-state index contributed by atoms with van der Waals surface area (Å²) in [7, 11) is 0. The number of benzene rings is 1.